The van der Waals surface area contributed by atoms with E-state index in [0.717, 1.165) is 5.69 Å². The molecule has 96 valence electrons. The molecule has 0 heterocycles. The number of carbonyl (C=O) groups excluding carboxylic acids is 1. The first-order valence-electron chi connectivity index (χ1n) is 5.64. The maximum atomic E-state index is 11.8. The molecular formula is C15H11Cl2NO. The van der Waals surface area contributed by atoms with Crippen LogP contribution in [0.3, 0.4) is 0 Å². The van der Waals surface area contributed by atoms with Crippen LogP contribution in [0.25, 0.3) is 0 Å². The van der Waals surface area contributed by atoms with Gasteiger partial charge in [-0.1, -0.05) is 29.3 Å². The molecule has 0 radical (unpaired) electrons. The van der Waals surface area contributed by atoms with Crippen LogP contribution in [0.1, 0.15) is 10.4 Å². The minimum Gasteiger partial charge on any atom is -0.362 e. The van der Waals surface area contributed by atoms with Gasteiger partial charge in [-0.15, -0.1) is 0 Å². The highest BCUT2D eigenvalue weighted by Crippen LogP contribution is 2.15. The Bertz CT molecular complexity index is 606. The van der Waals surface area contributed by atoms with Crippen molar-refractivity contribution in [1.29, 1.82) is 0 Å². The molecule has 0 aliphatic rings. The number of carbonyl (C=O) groups is 1. The van der Waals surface area contributed by atoms with Gasteiger partial charge in [0.05, 0.1) is 0 Å². The second-order valence-corrected chi connectivity index (χ2v) is 4.73. The van der Waals surface area contributed by atoms with Gasteiger partial charge in [0, 0.05) is 33.6 Å². The first-order valence-corrected chi connectivity index (χ1v) is 6.39. The topological polar surface area (TPSA) is 29.1 Å². The number of ketones is 1. The number of rotatable bonds is 4. The summed E-state index contributed by atoms with van der Waals surface area (Å²) in [6.07, 6.45) is 3.05. The van der Waals surface area contributed by atoms with Crippen LogP contribution >= 0.6 is 23.2 Å². The van der Waals surface area contributed by atoms with Gasteiger partial charge in [-0.3, -0.25) is 4.79 Å². The first-order chi connectivity index (χ1) is 9.15. The summed E-state index contributed by atoms with van der Waals surface area (Å²) in [5, 5.41) is 4.24. The molecule has 0 bridgehead atoms. The lowest BCUT2D eigenvalue weighted by Gasteiger charge is -2.00. The summed E-state index contributed by atoms with van der Waals surface area (Å²) in [6.45, 7) is 0. The molecule has 4 heteroatoms. The molecule has 0 fully saturated rings. The first kappa shape index (κ1) is 13.7. The molecule has 19 heavy (non-hydrogen) atoms. The van der Waals surface area contributed by atoms with Crippen molar-refractivity contribution in [3.05, 3.63) is 76.4 Å². The van der Waals surface area contributed by atoms with Crippen LogP contribution in [-0.2, 0) is 0 Å². The maximum absolute atomic E-state index is 11.8. The van der Waals surface area contributed by atoms with Crippen LogP contribution in [0.15, 0.2) is 60.8 Å². The van der Waals surface area contributed by atoms with Gasteiger partial charge >= 0.3 is 0 Å². The van der Waals surface area contributed by atoms with E-state index in [1.165, 1.54) is 6.08 Å². The highest BCUT2D eigenvalue weighted by Gasteiger charge is 2.00. The molecule has 0 saturated carbocycles. The summed E-state index contributed by atoms with van der Waals surface area (Å²) in [5.74, 6) is -0.0915. The molecule has 0 spiro atoms. The number of hydrogen-bond acceptors (Lipinski definition) is 2. The summed E-state index contributed by atoms with van der Waals surface area (Å²) < 4.78 is 0. The van der Waals surface area contributed by atoms with Crippen molar-refractivity contribution < 1.29 is 4.79 Å². The third-order valence-electron chi connectivity index (χ3n) is 2.44. The van der Waals surface area contributed by atoms with E-state index >= 15 is 0 Å². The third kappa shape index (κ3) is 4.12. The molecule has 0 amide bonds. The lowest BCUT2D eigenvalue weighted by atomic mass is 10.1. The number of halogens is 2. The van der Waals surface area contributed by atoms with Crippen molar-refractivity contribution in [1.82, 2.24) is 0 Å². The van der Waals surface area contributed by atoms with E-state index < -0.39 is 0 Å². The van der Waals surface area contributed by atoms with E-state index in [9.17, 15) is 4.79 Å². The molecule has 0 aromatic heterocycles. The summed E-state index contributed by atoms with van der Waals surface area (Å²) in [4.78, 5) is 11.8. The van der Waals surface area contributed by atoms with Crippen LogP contribution < -0.4 is 5.32 Å². The van der Waals surface area contributed by atoms with E-state index in [1.54, 1.807) is 42.6 Å². The Hall–Kier alpha value is -1.77. The molecule has 0 aliphatic heterocycles. The number of anilines is 1. The molecule has 1 N–H and O–H groups in total. The van der Waals surface area contributed by atoms with Crippen molar-refractivity contribution in [3.8, 4) is 0 Å². The zero-order valence-electron chi connectivity index (χ0n) is 9.94. The average molecular weight is 292 g/mol. The normalized spacial score (nSPS) is 10.6. The molecule has 2 nitrogen and oxygen atoms in total. The summed E-state index contributed by atoms with van der Waals surface area (Å²) in [5.41, 5.74) is 1.42. The Morgan fingerprint density at radius 2 is 1.74 bits per heavy atom. The van der Waals surface area contributed by atoms with Gasteiger partial charge in [0.1, 0.15) is 0 Å². The Morgan fingerprint density at radius 3 is 2.42 bits per heavy atom. The van der Waals surface area contributed by atoms with E-state index in [-0.39, 0.29) is 5.78 Å². The van der Waals surface area contributed by atoms with Crippen molar-refractivity contribution in [2.75, 3.05) is 5.32 Å². The number of hydrogen-bond donors (Lipinski definition) is 1. The predicted octanol–water partition coefficient (Wildman–Crippen LogP) is 4.80. The van der Waals surface area contributed by atoms with Gasteiger partial charge in [-0.25, -0.2) is 0 Å². The molecule has 0 atom stereocenters. The van der Waals surface area contributed by atoms with Gasteiger partial charge in [-0.2, -0.15) is 0 Å². The largest absolute Gasteiger partial charge is 0.362 e. The molecule has 2 rings (SSSR count). The van der Waals surface area contributed by atoms with E-state index in [2.05, 4.69) is 5.32 Å². The van der Waals surface area contributed by atoms with Crippen molar-refractivity contribution in [3.63, 3.8) is 0 Å². The van der Waals surface area contributed by atoms with Crippen LogP contribution in [0.2, 0.25) is 10.0 Å². The smallest absolute Gasteiger partial charge is 0.187 e. The van der Waals surface area contributed by atoms with Gasteiger partial charge < -0.3 is 5.32 Å². The summed E-state index contributed by atoms with van der Waals surface area (Å²) in [7, 11) is 0. The molecule has 0 saturated heterocycles. The van der Waals surface area contributed by atoms with E-state index in [4.69, 9.17) is 23.2 Å². The Kier molecular flexibility index (Phi) is 4.61. The van der Waals surface area contributed by atoms with Crippen molar-refractivity contribution in [2.45, 2.75) is 0 Å². The Morgan fingerprint density at radius 1 is 1.00 bits per heavy atom. The third-order valence-corrected chi connectivity index (χ3v) is 2.93. The van der Waals surface area contributed by atoms with Crippen LogP contribution in [0.4, 0.5) is 5.69 Å². The van der Waals surface area contributed by atoms with Crippen LogP contribution in [-0.4, -0.2) is 5.78 Å². The highest BCUT2D eigenvalue weighted by molar-refractivity contribution is 6.31. The number of benzene rings is 2. The zero-order chi connectivity index (χ0) is 13.7. The molecular weight excluding hydrogens is 281 g/mol. The zero-order valence-corrected chi connectivity index (χ0v) is 11.4. The standard InChI is InChI=1S/C15H11Cl2NO/c16-12-6-4-11(5-7-12)15(19)8-9-18-14-3-1-2-13(17)10-14/h1-10,18H. The van der Waals surface area contributed by atoms with Crippen LogP contribution in [0, 0.1) is 0 Å². The summed E-state index contributed by atoms with van der Waals surface area (Å²) >= 11 is 11.6. The van der Waals surface area contributed by atoms with Gasteiger partial charge in [-0.05, 0) is 42.5 Å². The quantitative estimate of drug-likeness (QED) is 0.647. The minimum atomic E-state index is -0.0915. The fraction of sp³-hybridized carbons (Fsp3) is 0. The Balaban J connectivity index is 1.99. The molecule has 0 unspecified atom stereocenters. The molecule has 2 aromatic rings. The maximum Gasteiger partial charge on any atom is 0.187 e. The monoisotopic (exact) mass is 291 g/mol. The van der Waals surface area contributed by atoms with Gasteiger partial charge in [0.15, 0.2) is 5.78 Å². The molecule has 0 aliphatic carbocycles. The number of allylic oxidation sites excluding steroid dienone is 1. The fourth-order valence-electron chi connectivity index (χ4n) is 1.50. The number of nitrogens with one attached hydrogen (secondary N) is 1. The lowest BCUT2D eigenvalue weighted by molar-refractivity contribution is 0.104. The second kappa shape index (κ2) is 6.41. The minimum absolute atomic E-state index is 0.0915. The van der Waals surface area contributed by atoms with Crippen molar-refractivity contribution >= 4 is 34.7 Å². The predicted molar refractivity (Wildman–Crippen MR) is 80.0 cm³/mol. The van der Waals surface area contributed by atoms with E-state index in [0.29, 0.717) is 15.6 Å². The van der Waals surface area contributed by atoms with Gasteiger partial charge in [0.2, 0.25) is 0 Å². The van der Waals surface area contributed by atoms with E-state index in [1.807, 2.05) is 12.1 Å². The lowest BCUT2D eigenvalue weighted by Crippen LogP contribution is -1.95. The Labute approximate surface area is 121 Å². The highest BCUT2D eigenvalue weighted by atomic mass is 35.5. The fourth-order valence-corrected chi connectivity index (χ4v) is 1.82. The van der Waals surface area contributed by atoms with Crippen molar-refractivity contribution in [2.24, 2.45) is 0 Å². The van der Waals surface area contributed by atoms with Crippen LogP contribution in [0.5, 0.6) is 0 Å². The average Bonchev–Trinajstić information content (AvgIpc) is 2.39. The SMILES string of the molecule is O=C(C=CNc1cccc(Cl)c1)c1ccc(Cl)cc1. The second-order valence-electron chi connectivity index (χ2n) is 3.86. The van der Waals surface area contributed by atoms with Gasteiger partial charge in [0.25, 0.3) is 0 Å². The molecule has 2 aromatic carbocycles. The summed E-state index contributed by atoms with van der Waals surface area (Å²) in [6, 6.07) is 14.0.